The molecule has 1 aromatic carbocycles. The van der Waals surface area contributed by atoms with Gasteiger partial charge in [-0.3, -0.25) is 0 Å². The minimum atomic E-state index is -4.28. The molecule has 0 radical (unpaired) electrons. The Morgan fingerprint density at radius 1 is 1.30 bits per heavy atom. The molecule has 0 saturated carbocycles. The Hall–Kier alpha value is -1.56. The second kappa shape index (κ2) is 5.44. The lowest BCUT2D eigenvalue weighted by molar-refractivity contribution is -0.0944. The van der Waals surface area contributed by atoms with Gasteiger partial charge in [-0.05, 0) is 25.5 Å². The fourth-order valence-corrected chi connectivity index (χ4v) is 2.40. The molecule has 0 saturated heterocycles. The Labute approximate surface area is 114 Å². The Morgan fingerprint density at radius 3 is 2.50 bits per heavy atom. The highest BCUT2D eigenvalue weighted by atomic mass is 19.4. The van der Waals surface area contributed by atoms with E-state index < -0.39 is 23.6 Å². The zero-order chi connectivity index (χ0) is 14.9. The smallest absolute Gasteiger partial charge is 0.367 e. The van der Waals surface area contributed by atoms with Gasteiger partial charge in [0.2, 0.25) is 0 Å². The highest BCUT2D eigenvalue weighted by molar-refractivity contribution is 5.56. The predicted molar refractivity (Wildman–Crippen MR) is 70.0 cm³/mol. The van der Waals surface area contributed by atoms with Crippen molar-refractivity contribution in [2.24, 2.45) is 5.73 Å². The van der Waals surface area contributed by atoms with Crippen LogP contribution in [0, 0.1) is 5.82 Å². The minimum Gasteiger partial charge on any atom is -0.367 e. The van der Waals surface area contributed by atoms with Gasteiger partial charge in [-0.2, -0.15) is 13.2 Å². The quantitative estimate of drug-likeness (QED) is 0.666. The summed E-state index contributed by atoms with van der Waals surface area (Å²) < 4.78 is 51.5. The van der Waals surface area contributed by atoms with Crippen LogP contribution in [-0.4, -0.2) is 19.3 Å². The van der Waals surface area contributed by atoms with E-state index in [1.165, 1.54) is 6.07 Å². The Balaban J connectivity index is 2.28. The molecule has 0 fully saturated rings. The van der Waals surface area contributed by atoms with E-state index in [9.17, 15) is 17.6 Å². The fraction of sp³-hybridized carbons (Fsp3) is 0.429. The van der Waals surface area contributed by atoms with Crippen molar-refractivity contribution in [3.8, 4) is 0 Å². The number of hydrogen-bond acceptors (Lipinski definition) is 2. The summed E-state index contributed by atoms with van der Waals surface area (Å²) in [6.45, 7) is 1.97. The van der Waals surface area contributed by atoms with Crippen LogP contribution < -0.4 is 10.6 Å². The molecule has 0 amide bonds. The molecule has 6 heteroatoms. The summed E-state index contributed by atoms with van der Waals surface area (Å²) in [5.41, 5.74) is 6.15. The molecule has 2 N–H and O–H groups in total. The van der Waals surface area contributed by atoms with Gasteiger partial charge in [0.1, 0.15) is 5.82 Å². The monoisotopic (exact) mass is 288 g/mol. The first-order valence-electron chi connectivity index (χ1n) is 6.36. The van der Waals surface area contributed by atoms with E-state index >= 15 is 0 Å². The third kappa shape index (κ3) is 2.95. The summed E-state index contributed by atoms with van der Waals surface area (Å²) in [7, 11) is 0. The second-order valence-electron chi connectivity index (χ2n) is 4.88. The molecule has 20 heavy (non-hydrogen) atoms. The summed E-state index contributed by atoms with van der Waals surface area (Å²) in [6.07, 6.45) is -3.23. The molecule has 0 aromatic heterocycles. The molecule has 1 heterocycles. The van der Waals surface area contributed by atoms with Crippen LogP contribution in [0.1, 0.15) is 24.9 Å². The van der Waals surface area contributed by atoms with Gasteiger partial charge < -0.3 is 10.6 Å². The summed E-state index contributed by atoms with van der Waals surface area (Å²) in [5.74, 6) is -0.428. The lowest BCUT2D eigenvalue weighted by Gasteiger charge is -2.31. The first-order valence-corrected chi connectivity index (χ1v) is 6.36. The largest absolute Gasteiger partial charge is 0.412 e. The second-order valence-corrected chi connectivity index (χ2v) is 4.88. The first-order chi connectivity index (χ1) is 9.30. The van der Waals surface area contributed by atoms with Gasteiger partial charge in [-0.15, -0.1) is 0 Å². The number of nitrogens with zero attached hydrogens (tertiary/aromatic N) is 1. The third-order valence-electron chi connectivity index (χ3n) is 3.40. The Morgan fingerprint density at radius 2 is 2.00 bits per heavy atom. The van der Waals surface area contributed by atoms with Crippen molar-refractivity contribution in [3.63, 3.8) is 0 Å². The van der Waals surface area contributed by atoms with Crippen LogP contribution in [0.4, 0.5) is 23.2 Å². The molecule has 1 aliphatic heterocycles. The summed E-state index contributed by atoms with van der Waals surface area (Å²) in [4.78, 5) is 1.72. The molecule has 1 unspecified atom stereocenters. The van der Waals surface area contributed by atoms with Crippen molar-refractivity contribution in [1.29, 1.82) is 0 Å². The molecule has 1 aromatic rings. The van der Waals surface area contributed by atoms with Crippen LogP contribution in [0.15, 0.2) is 29.8 Å². The lowest BCUT2D eigenvalue weighted by Crippen LogP contribution is -2.33. The van der Waals surface area contributed by atoms with Crippen molar-refractivity contribution < 1.29 is 17.6 Å². The molecule has 0 spiro atoms. The third-order valence-corrected chi connectivity index (χ3v) is 3.40. The van der Waals surface area contributed by atoms with Gasteiger partial charge in [0.05, 0.1) is 0 Å². The van der Waals surface area contributed by atoms with Crippen LogP contribution in [0.2, 0.25) is 0 Å². The van der Waals surface area contributed by atoms with Crippen molar-refractivity contribution >= 4 is 5.69 Å². The molecule has 110 valence electrons. The van der Waals surface area contributed by atoms with Crippen LogP contribution in [-0.2, 0) is 0 Å². The predicted octanol–water partition coefficient (Wildman–Crippen LogP) is 3.54. The fourth-order valence-electron chi connectivity index (χ4n) is 2.40. The van der Waals surface area contributed by atoms with Gasteiger partial charge in [-0.1, -0.05) is 12.1 Å². The average molecular weight is 288 g/mol. The standard InChI is InChI=1S/C14H16F4N2/c1-9(19)13-11(15)3-2-4-12(13)20-7-5-10(6-8-20)14(16,17)18/h2-5,9H,6-8,19H2,1H3. The summed E-state index contributed by atoms with van der Waals surface area (Å²) in [6, 6.07) is 4.02. The van der Waals surface area contributed by atoms with Gasteiger partial charge in [0.15, 0.2) is 0 Å². The molecule has 1 aliphatic rings. The van der Waals surface area contributed by atoms with Crippen molar-refractivity contribution in [2.45, 2.75) is 25.6 Å². The van der Waals surface area contributed by atoms with E-state index in [1.807, 2.05) is 0 Å². The molecule has 1 atom stereocenters. The van der Waals surface area contributed by atoms with Crippen molar-refractivity contribution in [1.82, 2.24) is 0 Å². The zero-order valence-corrected chi connectivity index (χ0v) is 11.0. The number of halogens is 4. The van der Waals surface area contributed by atoms with Crippen LogP contribution in [0.3, 0.4) is 0 Å². The molecular formula is C14H16F4N2. The highest BCUT2D eigenvalue weighted by Gasteiger charge is 2.35. The van der Waals surface area contributed by atoms with Crippen LogP contribution >= 0.6 is 0 Å². The van der Waals surface area contributed by atoms with E-state index in [2.05, 4.69) is 0 Å². The van der Waals surface area contributed by atoms with Gasteiger partial charge in [0, 0.05) is 36.0 Å². The average Bonchev–Trinajstić information content (AvgIpc) is 2.37. The number of nitrogens with two attached hydrogens (primary N) is 1. The summed E-state index contributed by atoms with van der Waals surface area (Å²) >= 11 is 0. The molecule has 2 nitrogen and oxygen atoms in total. The summed E-state index contributed by atoms with van der Waals surface area (Å²) in [5, 5.41) is 0. The number of benzene rings is 1. The maximum Gasteiger partial charge on any atom is 0.412 e. The molecule has 0 bridgehead atoms. The van der Waals surface area contributed by atoms with Crippen LogP contribution in [0.5, 0.6) is 0 Å². The number of alkyl halides is 3. The first kappa shape index (κ1) is 14.8. The van der Waals surface area contributed by atoms with E-state index in [1.54, 1.807) is 24.0 Å². The number of hydrogen-bond donors (Lipinski definition) is 1. The SMILES string of the molecule is CC(N)c1c(F)cccc1N1CC=C(C(F)(F)F)CC1. The maximum atomic E-state index is 13.8. The molecule has 0 aliphatic carbocycles. The van der Waals surface area contributed by atoms with E-state index in [4.69, 9.17) is 5.73 Å². The molecule has 2 rings (SSSR count). The lowest BCUT2D eigenvalue weighted by atomic mass is 10.0. The molecular weight excluding hydrogens is 272 g/mol. The van der Waals surface area contributed by atoms with Crippen LogP contribution in [0.25, 0.3) is 0 Å². The van der Waals surface area contributed by atoms with E-state index in [0.29, 0.717) is 11.3 Å². The van der Waals surface area contributed by atoms with Crippen molar-refractivity contribution in [2.75, 3.05) is 18.0 Å². The normalized spacial score (nSPS) is 17.9. The van der Waals surface area contributed by atoms with E-state index in [0.717, 1.165) is 6.08 Å². The Bertz CT molecular complexity index is 520. The number of anilines is 1. The van der Waals surface area contributed by atoms with E-state index in [-0.39, 0.29) is 19.5 Å². The van der Waals surface area contributed by atoms with Gasteiger partial charge in [-0.25, -0.2) is 4.39 Å². The Kier molecular flexibility index (Phi) is 4.04. The van der Waals surface area contributed by atoms with Gasteiger partial charge >= 0.3 is 6.18 Å². The zero-order valence-electron chi connectivity index (χ0n) is 11.0. The maximum absolute atomic E-state index is 13.8. The van der Waals surface area contributed by atoms with Gasteiger partial charge in [0.25, 0.3) is 0 Å². The number of rotatable bonds is 2. The highest BCUT2D eigenvalue weighted by Crippen LogP contribution is 2.34. The van der Waals surface area contributed by atoms with Crippen molar-refractivity contribution in [3.05, 3.63) is 41.2 Å². The minimum absolute atomic E-state index is 0.0988. The topological polar surface area (TPSA) is 29.3 Å².